The lowest BCUT2D eigenvalue weighted by Crippen LogP contribution is -2.25. The zero-order valence-corrected chi connectivity index (χ0v) is 15.0. The van der Waals surface area contributed by atoms with Crippen molar-refractivity contribution in [2.75, 3.05) is 25.4 Å². The van der Waals surface area contributed by atoms with Gasteiger partial charge in [-0.2, -0.15) is 0 Å². The van der Waals surface area contributed by atoms with E-state index in [0.29, 0.717) is 12.3 Å². The second-order valence-electron chi connectivity index (χ2n) is 5.93. The number of aromatic nitrogens is 3. The molecule has 0 unspecified atom stereocenters. The molecule has 0 atom stereocenters. The predicted molar refractivity (Wildman–Crippen MR) is 99.8 cm³/mol. The summed E-state index contributed by atoms with van der Waals surface area (Å²) in [5.74, 6) is 1.19. The predicted octanol–water partition coefficient (Wildman–Crippen LogP) is 2.26. The first kappa shape index (κ1) is 17.7. The Morgan fingerprint density at radius 3 is 2.72 bits per heavy atom. The standard InChI is InChI=1S/C18H23N5OS/c1-2-10-19-17(24)14-25-18-21-20-16(13-22-11-6-7-12-22)23(18)15-8-4-3-5-9-15/h2-5,8-9H,1,6-7,10-14H2,(H,19,24). The van der Waals surface area contributed by atoms with Crippen molar-refractivity contribution in [3.63, 3.8) is 0 Å². The van der Waals surface area contributed by atoms with Crippen molar-refractivity contribution in [1.82, 2.24) is 25.0 Å². The number of rotatable bonds is 8. The lowest BCUT2D eigenvalue weighted by molar-refractivity contribution is -0.118. The molecule has 6 nitrogen and oxygen atoms in total. The Balaban J connectivity index is 1.78. The summed E-state index contributed by atoms with van der Waals surface area (Å²) in [4.78, 5) is 14.3. The molecule has 1 aromatic heterocycles. The van der Waals surface area contributed by atoms with Crippen LogP contribution in [-0.4, -0.2) is 51.0 Å². The Bertz CT molecular complexity index is 710. The highest BCUT2D eigenvalue weighted by molar-refractivity contribution is 7.99. The third-order valence-corrected chi connectivity index (χ3v) is 4.98. The smallest absolute Gasteiger partial charge is 0.230 e. The minimum Gasteiger partial charge on any atom is -0.352 e. The van der Waals surface area contributed by atoms with Crippen LogP contribution in [0.4, 0.5) is 0 Å². The van der Waals surface area contributed by atoms with Crippen LogP contribution in [-0.2, 0) is 11.3 Å². The molecule has 0 saturated carbocycles. The molecule has 1 N–H and O–H groups in total. The van der Waals surface area contributed by atoms with Crippen LogP contribution < -0.4 is 5.32 Å². The third kappa shape index (κ3) is 4.70. The number of para-hydroxylation sites is 1. The van der Waals surface area contributed by atoms with Crippen LogP contribution in [0.15, 0.2) is 48.1 Å². The van der Waals surface area contributed by atoms with E-state index in [1.807, 2.05) is 30.3 Å². The van der Waals surface area contributed by atoms with Crippen molar-refractivity contribution in [1.29, 1.82) is 0 Å². The van der Waals surface area contributed by atoms with Crippen LogP contribution in [0.5, 0.6) is 0 Å². The van der Waals surface area contributed by atoms with Crippen LogP contribution in [0.3, 0.4) is 0 Å². The van der Waals surface area contributed by atoms with Gasteiger partial charge < -0.3 is 5.32 Å². The van der Waals surface area contributed by atoms with Gasteiger partial charge >= 0.3 is 0 Å². The number of likely N-dealkylation sites (tertiary alicyclic amines) is 1. The van der Waals surface area contributed by atoms with Gasteiger partial charge in [0.05, 0.1) is 12.3 Å². The van der Waals surface area contributed by atoms with Gasteiger partial charge in [-0.15, -0.1) is 16.8 Å². The highest BCUT2D eigenvalue weighted by Gasteiger charge is 2.19. The second kappa shape index (κ2) is 8.82. The zero-order valence-electron chi connectivity index (χ0n) is 14.2. The van der Waals surface area contributed by atoms with Crippen LogP contribution in [0.25, 0.3) is 5.69 Å². The summed E-state index contributed by atoms with van der Waals surface area (Å²) in [7, 11) is 0. The number of amides is 1. The number of carbonyl (C=O) groups excluding carboxylic acids is 1. The quantitative estimate of drug-likeness (QED) is 0.580. The fourth-order valence-corrected chi connectivity index (χ4v) is 3.64. The molecule has 7 heteroatoms. The molecular weight excluding hydrogens is 334 g/mol. The van der Waals surface area contributed by atoms with E-state index < -0.39 is 0 Å². The molecule has 1 amide bonds. The summed E-state index contributed by atoms with van der Waals surface area (Å²) >= 11 is 1.40. The fraction of sp³-hybridized carbons (Fsp3) is 0.389. The Morgan fingerprint density at radius 2 is 2.00 bits per heavy atom. The number of nitrogens with one attached hydrogen (secondary N) is 1. The molecule has 0 bridgehead atoms. The largest absolute Gasteiger partial charge is 0.352 e. The van der Waals surface area contributed by atoms with Gasteiger partial charge in [0.15, 0.2) is 11.0 Å². The first-order valence-electron chi connectivity index (χ1n) is 8.50. The van der Waals surface area contributed by atoms with E-state index in [-0.39, 0.29) is 5.91 Å². The maximum atomic E-state index is 11.9. The maximum Gasteiger partial charge on any atom is 0.230 e. The summed E-state index contributed by atoms with van der Waals surface area (Å²) in [5.41, 5.74) is 1.02. The van der Waals surface area contributed by atoms with E-state index in [2.05, 4.69) is 31.6 Å². The van der Waals surface area contributed by atoms with Crippen molar-refractivity contribution in [2.24, 2.45) is 0 Å². The van der Waals surface area contributed by atoms with E-state index in [1.54, 1.807) is 6.08 Å². The average molecular weight is 357 g/mol. The van der Waals surface area contributed by atoms with Gasteiger partial charge in [-0.25, -0.2) is 0 Å². The maximum absolute atomic E-state index is 11.9. The summed E-state index contributed by atoms with van der Waals surface area (Å²) < 4.78 is 2.06. The van der Waals surface area contributed by atoms with Gasteiger partial charge in [0, 0.05) is 12.2 Å². The minimum absolute atomic E-state index is 0.0337. The van der Waals surface area contributed by atoms with Gasteiger partial charge in [0.25, 0.3) is 0 Å². The molecule has 0 spiro atoms. The molecule has 1 aliphatic heterocycles. The zero-order chi connectivity index (χ0) is 17.5. The first-order valence-corrected chi connectivity index (χ1v) is 9.49. The van der Waals surface area contributed by atoms with Crippen molar-refractivity contribution in [3.05, 3.63) is 48.8 Å². The Labute approximate surface area is 152 Å². The lowest BCUT2D eigenvalue weighted by atomic mass is 10.3. The molecule has 0 aliphatic carbocycles. The van der Waals surface area contributed by atoms with Crippen LogP contribution in [0, 0.1) is 0 Å². The average Bonchev–Trinajstić information content (AvgIpc) is 3.29. The third-order valence-electron chi connectivity index (χ3n) is 4.05. The van der Waals surface area contributed by atoms with Gasteiger partial charge in [0.1, 0.15) is 0 Å². The Morgan fingerprint density at radius 1 is 1.24 bits per heavy atom. The van der Waals surface area contributed by atoms with E-state index in [4.69, 9.17) is 0 Å². The van der Waals surface area contributed by atoms with E-state index >= 15 is 0 Å². The fourth-order valence-electron chi connectivity index (χ4n) is 2.84. The molecule has 1 fully saturated rings. The van der Waals surface area contributed by atoms with E-state index in [0.717, 1.165) is 36.3 Å². The molecule has 2 heterocycles. The van der Waals surface area contributed by atoms with Crippen molar-refractivity contribution >= 4 is 17.7 Å². The van der Waals surface area contributed by atoms with Gasteiger partial charge in [-0.05, 0) is 38.1 Å². The summed E-state index contributed by atoms with van der Waals surface area (Å²) in [6.07, 6.45) is 4.15. The Kier molecular flexibility index (Phi) is 6.25. The molecule has 0 radical (unpaired) electrons. The molecule has 1 aromatic carbocycles. The number of hydrogen-bond donors (Lipinski definition) is 1. The molecule has 132 valence electrons. The number of thioether (sulfide) groups is 1. The number of benzene rings is 1. The lowest BCUT2D eigenvalue weighted by Gasteiger charge is -2.15. The minimum atomic E-state index is -0.0337. The highest BCUT2D eigenvalue weighted by Crippen LogP contribution is 2.23. The highest BCUT2D eigenvalue weighted by atomic mass is 32.2. The normalized spacial score (nSPS) is 14.6. The molecular formula is C18H23N5OS. The number of carbonyl (C=O) groups is 1. The molecule has 25 heavy (non-hydrogen) atoms. The van der Waals surface area contributed by atoms with E-state index in [9.17, 15) is 4.79 Å². The van der Waals surface area contributed by atoms with Crippen molar-refractivity contribution < 1.29 is 4.79 Å². The topological polar surface area (TPSA) is 63.1 Å². The number of nitrogens with zero attached hydrogens (tertiary/aromatic N) is 4. The summed E-state index contributed by atoms with van der Waals surface area (Å²) in [6, 6.07) is 10.1. The molecule has 1 aliphatic rings. The van der Waals surface area contributed by atoms with Gasteiger partial charge in [0.2, 0.25) is 5.91 Å². The van der Waals surface area contributed by atoms with Crippen LogP contribution >= 0.6 is 11.8 Å². The second-order valence-corrected chi connectivity index (χ2v) is 6.88. The number of hydrogen-bond acceptors (Lipinski definition) is 5. The van der Waals surface area contributed by atoms with Crippen molar-refractivity contribution in [3.8, 4) is 5.69 Å². The summed E-state index contributed by atoms with van der Waals surface area (Å²) in [6.45, 7) is 7.07. The summed E-state index contributed by atoms with van der Waals surface area (Å²) in [5, 5.41) is 12.3. The van der Waals surface area contributed by atoms with Crippen LogP contribution in [0.1, 0.15) is 18.7 Å². The SMILES string of the molecule is C=CCNC(=O)CSc1nnc(CN2CCCC2)n1-c1ccccc1. The first-order chi connectivity index (χ1) is 12.3. The Hall–Kier alpha value is -2.12. The molecule has 1 saturated heterocycles. The van der Waals surface area contributed by atoms with Gasteiger partial charge in [-0.1, -0.05) is 36.0 Å². The van der Waals surface area contributed by atoms with E-state index in [1.165, 1.54) is 24.6 Å². The van der Waals surface area contributed by atoms with Crippen molar-refractivity contribution in [2.45, 2.75) is 24.5 Å². The molecule has 3 rings (SSSR count). The monoisotopic (exact) mass is 357 g/mol. The van der Waals surface area contributed by atoms with Gasteiger partial charge in [-0.3, -0.25) is 14.3 Å². The van der Waals surface area contributed by atoms with Crippen LogP contribution in [0.2, 0.25) is 0 Å². The molecule has 2 aromatic rings.